The van der Waals surface area contributed by atoms with Gasteiger partial charge in [-0.3, -0.25) is 4.79 Å². The van der Waals surface area contributed by atoms with Gasteiger partial charge in [0.15, 0.2) is 0 Å². The van der Waals surface area contributed by atoms with E-state index in [1.165, 1.54) is 36.4 Å². The Hall–Kier alpha value is -2.55. The van der Waals surface area contributed by atoms with E-state index in [4.69, 9.17) is 0 Å². The van der Waals surface area contributed by atoms with Gasteiger partial charge in [-0.05, 0) is 61.4 Å². The van der Waals surface area contributed by atoms with E-state index in [-0.39, 0.29) is 24.0 Å². The third-order valence-corrected chi connectivity index (χ3v) is 7.33. The topological polar surface area (TPSA) is 66.5 Å². The zero-order valence-corrected chi connectivity index (χ0v) is 20.2. The van der Waals surface area contributed by atoms with Crippen molar-refractivity contribution in [3.63, 3.8) is 0 Å². The molecule has 3 aromatic carbocycles. The summed E-state index contributed by atoms with van der Waals surface area (Å²) in [5.74, 6) is -0.846. The van der Waals surface area contributed by atoms with Gasteiger partial charge in [0.1, 0.15) is 5.82 Å². The van der Waals surface area contributed by atoms with E-state index >= 15 is 0 Å². The van der Waals surface area contributed by atoms with Crippen molar-refractivity contribution >= 4 is 31.9 Å². The Kier molecular flexibility index (Phi) is 7.82. The highest BCUT2D eigenvalue weighted by Crippen LogP contribution is 2.20. The number of amides is 1. The molecule has 0 aromatic heterocycles. The zero-order chi connectivity index (χ0) is 23.3. The zero-order valence-electron chi connectivity index (χ0n) is 17.8. The van der Waals surface area contributed by atoms with Gasteiger partial charge in [0, 0.05) is 11.0 Å². The maximum Gasteiger partial charge on any atom is 0.243 e. The molecule has 0 unspecified atom stereocenters. The lowest BCUT2D eigenvalue weighted by Gasteiger charge is -2.23. The number of halogens is 2. The van der Waals surface area contributed by atoms with E-state index in [0.717, 1.165) is 19.9 Å². The molecule has 0 aliphatic carbocycles. The number of carbonyl (C=O) groups excluding carboxylic acids is 1. The van der Waals surface area contributed by atoms with Crippen molar-refractivity contribution in [1.29, 1.82) is 0 Å². The highest BCUT2D eigenvalue weighted by molar-refractivity contribution is 9.10. The number of aryl methyl sites for hydroxylation is 1. The first-order valence-electron chi connectivity index (χ1n) is 10.0. The molecule has 32 heavy (non-hydrogen) atoms. The quantitative estimate of drug-likeness (QED) is 0.458. The van der Waals surface area contributed by atoms with Crippen LogP contribution in [0.2, 0.25) is 0 Å². The normalized spacial score (nSPS) is 12.5. The van der Waals surface area contributed by atoms with Crippen molar-refractivity contribution in [1.82, 2.24) is 9.62 Å². The van der Waals surface area contributed by atoms with Crippen LogP contribution in [0.3, 0.4) is 0 Å². The second-order valence-corrected chi connectivity index (χ2v) is 10.4. The third-order valence-electron chi connectivity index (χ3n) is 5.00. The van der Waals surface area contributed by atoms with Crippen LogP contribution in [-0.4, -0.2) is 25.2 Å². The maximum absolute atomic E-state index is 13.3. The molecule has 168 valence electrons. The number of hydrogen-bond acceptors (Lipinski definition) is 3. The number of sulfonamides is 1. The molecule has 3 aromatic rings. The van der Waals surface area contributed by atoms with Crippen LogP contribution in [0.15, 0.2) is 82.2 Å². The van der Waals surface area contributed by atoms with Crippen molar-refractivity contribution in [3.05, 3.63) is 99.8 Å². The minimum atomic E-state index is -3.95. The summed E-state index contributed by atoms with van der Waals surface area (Å²) in [5.41, 5.74) is 2.40. The fraction of sp³-hybridized carbons (Fsp3) is 0.208. The Balaban J connectivity index is 1.82. The van der Waals surface area contributed by atoms with Gasteiger partial charge in [0.05, 0.1) is 17.5 Å². The Labute approximate surface area is 196 Å². The first-order valence-corrected chi connectivity index (χ1v) is 12.2. The van der Waals surface area contributed by atoms with Crippen molar-refractivity contribution in [2.24, 2.45) is 0 Å². The molecule has 0 spiro atoms. The van der Waals surface area contributed by atoms with Gasteiger partial charge in [-0.15, -0.1) is 0 Å². The summed E-state index contributed by atoms with van der Waals surface area (Å²) < 4.78 is 42.0. The molecule has 0 aliphatic heterocycles. The summed E-state index contributed by atoms with van der Waals surface area (Å²) >= 11 is 3.38. The third kappa shape index (κ3) is 6.25. The standard InChI is InChI=1S/C24H24BrFN2O3S/c1-17-3-13-23(14-4-17)32(30,31)28(15-19-5-11-22(26)12-6-19)16-24(29)27-18(2)20-7-9-21(25)10-8-20/h3-14,18H,15-16H2,1-2H3,(H,27,29)/t18-/m1/s1. The van der Waals surface area contributed by atoms with E-state index in [1.54, 1.807) is 12.1 Å². The van der Waals surface area contributed by atoms with Gasteiger partial charge < -0.3 is 5.32 Å². The number of nitrogens with one attached hydrogen (secondary N) is 1. The van der Waals surface area contributed by atoms with Gasteiger partial charge in [0.25, 0.3) is 0 Å². The molecule has 0 aliphatic rings. The molecule has 5 nitrogen and oxygen atoms in total. The van der Waals surface area contributed by atoms with Crippen molar-refractivity contribution in [2.45, 2.75) is 31.3 Å². The molecular formula is C24H24BrFN2O3S. The number of benzene rings is 3. The van der Waals surface area contributed by atoms with Crippen molar-refractivity contribution in [2.75, 3.05) is 6.54 Å². The van der Waals surface area contributed by atoms with Gasteiger partial charge in [0.2, 0.25) is 15.9 Å². The molecule has 1 atom stereocenters. The Morgan fingerprint density at radius 1 is 1.00 bits per heavy atom. The van der Waals surface area contributed by atoms with E-state index in [0.29, 0.717) is 5.56 Å². The first kappa shape index (κ1) is 24.1. The number of rotatable bonds is 8. The molecule has 0 radical (unpaired) electrons. The fourth-order valence-electron chi connectivity index (χ4n) is 3.16. The van der Waals surface area contributed by atoms with Crippen molar-refractivity contribution < 1.29 is 17.6 Å². The maximum atomic E-state index is 13.3. The summed E-state index contributed by atoms with van der Waals surface area (Å²) in [6.07, 6.45) is 0. The number of nitrogens with zero attached hydrogens (tertiary/aromatic N) is 1. The van der Waals surface area contributed by atoms with Crippen LogP contribution in [0.25, 0.3) is 0 Å². The second kappa shape index (κ2) is 10.4. The Morgan fingerprint density at radius 2 is 1.59 bits per heavy atom. The van der Waals surface area contributed by atoms with E-state index < -0.39 is 21.7 Å². The van der Waals surface area contributed by atoms with Gasteiger partial charge in [-0.2, -0.15) is 4.31 Å². The minimum absolute atomic E-state index is 0.0590. The minimum Gasteiger partial charge on any atom is -0.348 e. The van der Waals surface area contributed by atoms with Crippen LogP contribution in [-0.2, 0) is 21.4 Å². The molecule has 0 fully saturated rings. The monoisotopic (exact) mass is 518 g/mol. The SMILES string of the molecule is Cc1ccc(S(=O)(=O)N(CC(=O)N[C@H](C)c2ccc(Br)cc2)Cc2ccc(F)cc2)cc1. The Bertz CT molecular complexity index is 1170. The lowest BCUT2D eigenvalue weighted by Crippen LogP contribution is -2.41. The summed E-state index contributed by atoms with van der Waals surface area (Å²) in [7, 11) is -3.95. The summed E-state index contributed by atoms with van der Waals surface area (Å²) in [4.78, 5) is 12.9. The van der Waals surface area contributed by atoms with Crippen LogP contribution >= 0.6 is 15.9 Å². The van der Waals surface area contributed by atoms with Crippen LogP contribution < -0.4 is 5.32 Å². The average Bonchev–Trinajstić information content (AvgIpc) is 2.75. The molecule has 0 saturated carbocycles. The molecule has 8 heteroatoms. The second-order valence-electron chi connectivity index (χ2n) is 7.55. The summed E-state index contributed by atoms with van der Waals surface area (Å²) in [5, 5.41) is 2.85. The Morgan fingerprint density at radius 3 is 2.19 bits per heavy atom. The van der Waals surface area contributed by atoms with Crippen LogP contribution in [0.5, 0.6) is 0 Å². The van der Waals surface area contributed by atoms with E-state index in [2.05, 4.69) is 21.2 Å². The van der Waals surface area contributed by atoms with E-state index in [1.807, 2.05) is 38.1 Å². The van der Waals surface area contributed by atoms with Crippen LogP contribution in [0, 0.1) is 12.7 Å². The lowest BCUT2D eigenvalue weighted by molar-refractivity contribution is -0.122. The predicted octanol–water partition coefficient (Wildman–Crippen LogP) is 4.96. The van der Waals surface area contributed by atoms with Crippen LogP contribution in [0.1, 0.15) is 29.7 Å². The highest BCUT2D eigenvalue weighted by atomic mass is 79.9. The van der Waals surface area contributed by atoms with Gasteiger partial charge in [-0.1, -0.05) is 57.9 Å². The molecule has 0 saturated heterocycles. The largest absolute Gasteiger partial charge is 0.348 e. The van der Waals surface area contributed by atoms with Crippen LogP contribution in [0.4, 0.5) is 4.39 Å². The number of carbonyl (C=O) groups is 1. The van der Waals surface area contributed by atoms with Gasteiger partial charge in [-0.25, -0.2) is 12.8 Å². The highest BCUT2D eigenvalue weighted by Gasteiger charge is 2.27. The molecular weight excluding hydrogens is 495 g/mol. The molecule has 0 bridgehead atoms. The number of hydrogen-bond donors (Lipinski definition) is 1. The van der Waals surface area contributed by atoms with E-state index in [9.17, 15) is 17.6 Å². The smallest absolute Gasteiger partial charge is 0.243 e. The lowest BCUT2D eigenvalue weighted by atomic mass is 10.1. The molecule has 1 N–H and O–H groups in total. The predicted molar refractivity (Wildman–Crippen MR) is 126 cm³/mol. The molecule has 0 heterocycles. The average molecular weight is 519 g/mol. The summed E-state index contributed by atoms with van der Waals surface area (Å²) in [6.45, 7) is 3.27. The first-order chi connectivity index (χ1) is 15.1. The van der Waals surface area contributed by atoms with Gasteiger partial charge >= 0.3 is 0 Å². The molecule has 3 rings (SSSR count). The van der Waals surface area contributed by atoms with Crippen molar-refractivity contribution in [3.8, 4) is 0 Å². The summed E-state index contributed by atoms with van der Waals surface area (Å²) in [6, 6.07) is 19.2. The molecule has 1 amide bonds. The fourth-order valence-corrected chi connectivity index (χ4v) is 4.81.